The number of nitrogens with zero attached hydrogens (tertiary/aromatic N) is 3. The third-order valence-corrected chi connectivity index (χ3v) is 3.32. The Balaban J connectivity index is 2.27. The molecule has 0 aliphatic carbocycles. The zero-order chi connectivity index (χ0) is 13.0. The SMILES string of the molecule is CN(Cc1cccnc1)c1cccc(Br)c1C#N. The average molecular weight is 302 g/mol. The minimum Gasteiger partial charge on any atom is -0.369 e. The molecule has 2 rings (SSSR count). The van der Waals surface area contributed by atoms with Gasteiger partial charge in [0.15, 0.2) is 0 Å². The van der Waals surface area contributed by atoms with Crippen molar-refractivity contribution in [1.29, 1.82) is 5.26 Å². The topological polar surface area (TPSA) is 39.9 Å². The molecule has 0 N–H and O–H groups in total. The van der Waals surface area contributed by atoms with E-state index in [1.165, 1.54) is 0 Å². The van der Waals surface area contributed by atoms with Crippen LogP contribution in [0.5, 0.6) is 0 Å². The van der Waals surface area contributed by atoms with Gasteiger partial charge < -0.3 is 4.90 Å². The van der Waals surface area contributed by atoms with Crippen LogP contribution in [0, 0.1) is 11.3 Å². The second kappa shape index (κ2) is 5.65. The van der Waals surface area contributed by atoms with Crippen LogP contribution < -0.4 is 4.90 Å². The number of hydrogen-bond donors (Lipinski definition) is 0. The molecule has 18 heavy (non-hydrogen) atoms. The van der Waals surface area contributed by atoms with Gasteiger partial charge in [-0.05, 0) is 39.7 Å². The van der Waals surface area contributed by atoms with Crippen LogP contribution >= 0.6 is 15.9 Å². The van der Waals surface area contributed by atoms with Crippen LogP contribution in [0.3, 0.4) is 0 Å². The molecular formula is C14H12BrN3. The van der Waals surface area contributed by atoms with E-state index < -0.39 is 0 Å². The van der Waals surface area contributed by atoms with Crippen molar-refractivity contribution >= 4 is 21.6 Å². The summed E-state index contributed by atoms with van der Waals surface area (Å²) in [5, 5.41) is 9.20. The Kier molecular flexibility index (Phi) is 3.96. The van der Waals surface area contributed by atoms with Gasteiger partial charge in [-0.3, -0.25) is 4.98 Å². The first-order valence-corrected chi connectivity index (χ1v) is 6.30. The third kappa shape index (κ3) is 2.69. The van der Waals surface area contributed by atoms with E-state index in [0.717, 1.165) is 22.3 Å². The number of anilines is 1. The molecule has 4 heteroatoms. The van der Waals surface area contributed by atoms with Gasteiger partial charge in [0.05, 0.1) is 11.3 Å². The average Bonchev–Trinajstić information content (AvgIpc) is 2.39. The van der Waals surface area contributed by atoms with Crippen molar-refractivity contribution in [2.75, 3.05) is 11.9 Å². The molecule has 0 aliphatic rings. The molecule has 0 saturated carbocycles. The summed E-state index contributed by atoms with van der Waals surface area (Å²) in [4.78, 5) is 6.13. The van der Waals surface area contributed by atoms with Crippen molar-refractivity contribution < 1.29 is 0 Å². The normalized spacial score (nSPS) is 9.83. The van der Waals surface area contributed by atoms with E-state index in [1.807, 2.05) is 48.5 Å². The van der Waals surface area contributed by atoms with E-state index in [2.05, 4.69) is 27.0 Å². The van der Waals surface area contributed by atoms with Gasteiger partial charge >= 0.3 is 0 Å². The molecule has 0 radical (unpaired) electrons. The van der Waals surface area contributed by atoms with Crippen LogP contribution in [0.2, 0.25) is 0 Å². The molecule has 0 fully saturated rings. The molecular weight excluding hydrogens is 290 g/mol. The number of hydrogen-bond acceptors (Lipinski definition) is 3. The summed E-state index contributed by atoms with van der Waals surface area (Å²) in [6.45, 7) is 0.721. The molecule has 1 heterocycles. The molecule has 90 valence electrons. The molecule has 0 spiro atoms. The number of rotatable bonds is 3. The van der Waals surface area contributed by atoms with Crippen molar-refractivity contribution in [3.63, 3.8) is 0 Å². The molecule has 0 atom stereocenters. The van der Waals surface area contributed by atoms with Crippen LogP contribution in [0.4, 0.5) is 5.69 Å². The Morgan fingerprint density at radius 3 is 2.83 bits per heavy atom. The predicted octanol–water partition coefficient (Wildman–Crippen LogP) is 3.35. The lowest BCUT2D eigenvalue weighted by Crippen LogP contribution is -2.17. The quantitative estimate of drug-likeness (QED) is 0.873. The van der Waals surface area contributed by atoms with Crippen molar-refractivity contribution in [3.8, 4) is 6.07 Å². The van der Waals surface area contributed by atoms with Gasteiger partial charge in [-0.2, -0.15) is 5.26 Å². The molecule has 0 bridgehead atoms. The minimum absolute atomic E-state index is 0.656. The number of pyridine rings is 1. The van der Waals surface area contributed by atoms with Crippen molar-refractivity contribution in [1.82, 2.24) is 4.98 Å². The number of benzene rings is 1. The molecule has 0 aliphatic heterocycles. The van der Waals surface area contributed by atoms with E-state index in [-0.39, 0.29) is 0 Å². The van der Waals surface area contributed by atoms with Gasteiger partial charge in [-0.25, -0.2) is 0 Å². The molecule has 1 aromatic heterocycles. The van der Waals surface area contributed by atoms with E-state index >= 15 is 0 Å². The highest BCUT2D eigenvalue weighted by Crippen LogP contribution is 2.27. The molecule has 2 aromatic rings. The van der Waals surface area contributed by atoms with Gasteiger partial charge in [0.1, 0.15) is 6.07 Å². The summed E-state index contributed by atoms with van der Waals surface area (Å²) in [6.07, 6.45) is 3.59. The molecule has 3 nitrogen and oxygen atoms in total. The molecule has 1 aromatic carbocycles. The molecule has 0 unspecified atom stereocenters. The highest BCUT2D eigenvalue weighted by Gasteiger charge is 2.10. The van der Waals surface area contributed by atoms with Gasteiger partial charge in [0.25, 0.3) is 0 Å². The largest absolute Gasteiger partial charge is 0.369 e. The van der Waals surface area contributed by atoms with E-state index in [4.69, 9.17) is 0 Å². The van der Waals surface area contributed by atoms with Gasteiger partial charge in [-0.15, -0.1) is 0 Å². The fourth-order valence-corrected chi connectivity index (χ4v) is 2.24. The lowest BCUT2D eigenvalue weighted by molar-refractivity contribution is 0.912. The fraction of sp³-hybridized carbons (Fsp3) is 0.143. The van der Waals surface area contributed by atoms with Crippen LogP contribution in [-0.2, 0) is 6.54 Å². The number of aromatic nitrogens is 1. The van der Waals surface area contributed by atoms with Crippen molar-refractivity contribution in [2.45, 2.75) is 6.54 Å². The summed E-state index contributed by atoms with van der Waals surface area (Å²) in [6, 6.07) is 11.9. The molecule has 0 saturated heterocycles. The van der Waals surface area contributed by atoms with Crippen molar-refractivity contribution in [3.05, 3.63) is 58.3 Å². The van der Waals surface area contributed by atoms with Crippen LogP contribution in [0.25, 0.3) is 0 Å². The Hall–Kier alpha value is -1.86. The zero-order valence-electron chi connectivity index (χ0n) is 9.97. The van der Waals surface area contributed by atoms with Gasteiger partial charge in [0, 0.05) is 30.5 Å². The first kappa shape index (κ1) is 12.6. The monoisotopic (exact) mass is 301 g/mol. The number of nitriles is 1. The Bertz CT molecular complexity index is 575. The summed E-state index contributed by atoms with van der Waals surface area (Å²) in [7, 11) is 1.97. The summed E-state index contributed by atoms with van der Waals surface area (Å²) < 4.78 is 0.820. The Labute approximate surface area is 115 Å². The Morgan fingerprint density at radius 1 is 1.33 bits per heavy atom. The highest BCUT2D eigenvalue weighted by molar-refractivity contribution is 9.10. The lowest BCUT2D eigenvalue weighted by atomic mass is 10.1. The van der Waals surface area contributed by atoms with Crippen LogP contribution in [0.1, 0.15) is 11.1 Å². The summed E-state index contributed by atoms with van der Waals surface area (Å²) >= 11 is 3.40. The minimum atomic E-state index is 0.656. The first-order chi connectivity index (χ1) is 8.72. The standard InChI is InChI=1S/C14H12BrN3/c1-18(10-11-4-3-7-17-9-11)14-6-2-5-13(15)12(14)8-16/h2-7,9H,10H2,1H3. The maximum atomic E-state index is 9.20. The van der Waals surface area contributed by atoms with Crippen LogP contribution in [-0.4, -0.2) is 12.0 Å². The summed E-state index contributed by atoms with van der Waals surface area (Å²) in [5.74, 6) is 0. The van der Waals surface area contributed by atoms with E-state index in [9.17, 15) is 5.26 Å². The van der Waals surface area contributed by atoms with Crippen LogP contribution in [0.15, 0.2) is 47.2 Å². The lowest BCUT2D eigenvalue weighted by Gasteiger charge is -2.20. The summed E-state index contributed by atoms with van der Waals surface area (Å²) in [5.41, 5.74) is 2.68. The highest BCUT2D eigenvalue weighted by atomic mass is 79.9. The maximum absolute atomic E-state index is 9.20. The second-order valence-electron chi connectivity index (χ2n) is 3.96. The molecule has 0 amide bonds. The second-order valence-corrected chi connectivity index (χ2v) is 4.82. The van der Waals surface area contributed by atoms with Crippen molar-refractivity contribution in [2.24, 2.45) is 0 Å². The van der Waals surface area contributed by atoms with E-state index in [0.29, 0.717) is 5.56 Å². The maximum Gasteiger partial charge on any atom is 0.103 e. The van der Waals surface area contributed by atoms with E-state index in [1.54, 1.807) is 6.20 Å². The first-order valence-electron chi connectivity index (χ1n) is 5.51. The third-order valence-electron chi connectivity index (χ3n) is 2.66. The van der Waals surface area contributed by atoms with Gasteiger partial charge in [-0.1, -0.05) is 12.1 Å². The predicted molar refractivity (Wildman–Crippen MR) is 75.2 cm³/mol. The zero-order valence-corrected chi connectivity index (χ0v) is 11.6. The Morgan fingerprint density at radius 2 is 2.17 bits per heavy atom. The number of halogens is 1. The fourth-order valence-electron chi connectivity index (χ4n) is 1.79. The van der Waals surface area contributed by atoms with Gasteiger partial charge in [0.2, 0.25) is 0 Å². The smallest absolute Gasteiger partial charge is 0.103 e.